The van der Waals surface area contributed by atoms with Gasteiger partial charge in [-0.3, -0.25) is 4.68 Å². The third kappa shape index (κ3) is 3.87. The highest BCUT2D eigenvalue weighted by molar-refractivity contribution is 5.15. The van der Waals surface area contributed by atoms with Gasteiger partial charge in [-0.1, -0.05) is 6.92 Å². The normalized spacial score (nSPS) is 12.8. The van der Waals surface area contributed by atoms with Crippen LogP contribution in [0.5, 0.6) is 0 Å². The van der Waals surface area contributed by atoms with Gasteiger partial charge < -0.3 is 5.32 Å². The molecule has 0 fully saturated rings. The van der Waals surface area contributed by atoms with E-state index in [1.807, 2.05) is 23.1 Å². The maximum Gasteiger partial charge on any atom is 0.0643 e. The van der Waals surface area contributed by atoms with Gasteiger partial charge in [0.1, 0.15) is 0 Å². The van der Waals surface area contributed by atoms with Crippen LogP contribution in [0.15, 0.2) is 30.7 Å². The summed E-state index contributed by atoms with van der Waals surface area (Å²) in [6.45, 7) is 7.42. The van der Waals surface area contributed by atoms with E-state index in [0.29, 0.717) is 6.04 Å². The second-order valence-electron chi connectivity index (χ2n) is 5.27. The number of nitrogens with one attached hydrogen (secondary N) is 1. The van der Waals surface area contributed by atoms with Crippen molar-refractivity contribution >= 4 is 0 Å². The van der Waals surface area contributed by atoms with Gasteiger partial charge in [0, 0.05) is 30.9 Å². The predicted octanol–water partition coefficient (Wildman–Crippen LogP) is 2.54. The average Bonchev–Trinajstić information content (AvgIpc) is 2.93. The molecule has 2 aromatic rings. The molecular weight excluding hydrogens is 250 g/mol. The molecule has 0 radical (unpaired) electrons. The van der Waals surface area contributed by atoms with Crippen LogP contribution in [0.25, 0.3) is 0 Å². The Balaban J connectivity index is 2.10. The Kier molecular flexibility index (Phi) is 5.24. The average molecular weight is 273 g/mol. The number of aromatic nitrogens is 4. The van der Waals surface area contributed by atoms with Gasteiger partial charge >= 0.3 is 0 Å². The Labute approximate surface area is 120 Å². The number of hydrogen-bond donors (Lipinski definition) is 1. The fourth-order valence-corrected chi connectivity index (χ4v) is 2.12. The Morgan fingerprint density at radius 1 is 1.25 bits per heavy atom. The smallest absolute Gasteiger partial charge is 0.0643 e. The number of rotatable bonds is 7. The van der Waals surface area contributed by atoms with Crippen LogP contribution in [0.4, 0.5) is 0 Å². The van der Waals surface area contributed by atoms with Gasteiger partial charge in [-0.15, -0.1) is 0 Å². The molecule has 0 bridgehead atoms. The first-order valence-corrected chi connectivity index (χ1v) is 7.24. The molecule has 0 saturated heterocycles. The van der Waals surface area contributed by atoms with E-state index in [-0.39, 0.29) is 6.04 Å². The van der Waals surface area contributed by atoms with Crippen molar-refractivity contribution in [3.8, 4) is 0 Å². The van der Waals surface area contributed by atoms with Crippen molar-refractivity contribution in [1.82, 2.24) is 25.3 Å². The Hall–Kier alpha value is -1.75. The monoisotopic (exact) mass is 273 g/mol. The molecule has 5 nitrogen and oxygen atoms in total. The minimum atomic E-state index is 0.237. The molecule has 0 aliphatic carbocycles. The SMILES string of the molecule is CCCNC(Cc1ccn(C(C)C)n1)c1ccnnc1. The van der Waals surface area contributed by atoms with Crippen LogP contribution >= 0.6 is 0 Å². The van der Waals surface area contributed by atoms with Gasteiger partial charge in [-0.2, -0.15) is 15.3 Å². The van der Waals surface area contributed by atoms with Crippen molar-refractivity contribution < 1.29 is 0 Å². The number of hydrogen-bond acceptors (Lipinski definition) is 4. The molecule has 20 heavy (non-hydrogen) atoms. The number of nitrogens with zero attached hydrogens (tertiary/aromatic N) is 4. The zero-order valence-corrected chi connectivity index (χ0v) is 12.5. The minimum absolute atomic E-state index is 0.237. The summed E-state index contributed by atoms with van der Waals surface area (Å²) in [7, 11) is 0. The van der Waals surface area contributed by atoms with Crippen LogP contribution in [0, 0.1) is 0 Å². The van der Waals surface area contributed by atoms with Gasteiger partial charge in [0.15, 0.2) is 0 Å². The molecule has 2 heterocycles. The van der Waals surface area contributed by atoms with Gasteiger partial charge in [-0.25, -0.2) is 0 Å². The van der Waals surface area contributed by atoms with Gasteiger partial charge in [-0.05, 0) is 44.5 Å². The summed E-state index contributed by atoms with van der Waals surface area (Å²) >= 11 is 0. The highest BCUT2D eigenvalue weighted by Gasteiger charge is 2.14. The second kappa shape index (κ2) is 7.14. The van der Waals surface area contributed by atoms with Crippen molar-refractivity contribution in [1.29, 1.82) is 0 Å². The lowest BCUT2D eigenvalue weighted by Gasteiger charge is -2.17. The van der Waals surface area contributed by atoms with Gasteiger partial charge in [0.05, 0.1) is 11.9 Å². The fraction of sp³-hybridized carbons (Fsp3) is 0.533. The minimum Gasteiger partial charge on any atom is -0.310 e. The highest BCUT2D eigenvalue weighted by Crippen LogP contribution is 2.17. The molecule has 2 aromatic heterocycles. The lowest BCUT2D eigenvalue weighted by atomic mass is 10.0. The third-order valence-electron chi connectivity index (χ3n) is 3.26. The zero-order chi connectivity index (χ0) is 14.4. The van der Waals surface area contributed by atoms with E-state index in [1.165, 1.54) is 0 Å². The van der Waals surface area contributed by atoms with Crippen molar-refractivity contribution in [3.05, 3.63) is 42.0 Å². The van der Waals surface area contributed by atoms with E-state index in [4.69, 9.17) is 0 Å². The third-order valence-corrected chi connectivity index (χ3v) is 3.26. The van der Waals surface area contributed by atoms with Crippen LogP contribution in [-0.2, 0) is 6.42 Å². The quantitative estimate of drug-likeness (QED) is 0.842. The summed E-state index contributed by atoms with van der Waals surface area (Å²) in [4.78, 5) is 0. The molecule has 0 amide bonds. The summed E-state index contributed by atoms with van der Waals surface area (Å²) in [5, 5.41) is 16.0. The van der Waals surface area contributed by atoms with E-state index in [0.717, 1.165) is 30.6 Å². The first-order valence-electron chi connectivity index (χ1n) is 7.24. The Bertz CT molecular complexity index is 506. The topological polar surface area (TPSA) is 55.6 Å². The largest absolute Gasteiger partial charge is 0.310 e. The lowest BCUT2D eigenvalue weighted by Crippen LogP contribution is -2.24. The Morgan fingerprint density at radius 2 is 2.10 bits per heavy atom. The second-order valence-corrected chi connectivity index (χ2v) is 5.27. The molecule has 0 aliphatic rings. The molecule has 1 atom stereocenters. The Morgan fingerprint density at radius 3 is 2.70 bits per heavy atom. The van der Waals surface area contributed by atoms with E-state index < -0.39 is 0 Å². The van der Waals surface area contributed by atoms with Crippen molar-refractivity contribution in [2.45, 2.75) is 45.7 Å². The van der Waals surface area contributed by atoms with E-state index in [1.54, 1.807) is 6.20 Å². The molecule has 0 aromatic carbocycles. The van der Waals surface area contributed by atoms with Crippen molar-refractivity contribution in [2.24, 2.45) is 0 Å². The lowest BCUT2D eigenvalue weighted by molar-refractivity contribution is 0.498. The molecule has 2 rings (SSSR count). The van der Waals surface area contributed by atoms with Crippen LogP contribution in [0.3, 0.4) is 0 Å². The van der Waals surface area contributed by atoms with Crippen molar-refractivity contribution in [3.63, 3.8) is 0 Å². The summed E-state index contributed by atoms with van der Waals surface area (Å²) in [5.74, 6) is 0. The van der Waals surface area contributed by atoms with Crippen LogP contribution in [0.1, 0.15) is 50.5 Å². The molecule has 1 unspecified atom stereocenters. The summed E-state index contributed by atoms with van der Waals surface area (Å²) in [6.07, 6.45) is 7.58. The van der Waals surface area contributed by atoms with Gasteiger partial charge in [0.2, 0.25) is 0 Å². The standard InChI is InChI=1S/C15H23N5/c1-4-7-16-15(13-5-8-17-18-11-13)10-14-6-9-20(19-14)12(2)3/h5-6,8-9,11-12,15-16H,4,7,10H2,1-3H3. The molecule has 1 N–H and O–H groups in total. The summed E-state index contributed by atoms with van der Waals surface area (Å²) in [6, 6.07) is 4.74. The van der Waals surface area contributed by atoms with E-state index in [2.05, 4.69) is 47.5 Å². The van der Waals surface area contributed by atoms with Crippen LogP contribution in [-0.4, -0.2) is 26.5 Å². The van der Waals surface area contributed by atoms with Crippen molar-refractivity contribution in [2.75, 3.05) is 6.54 Å². The zero-order valence-electron chi connectivity index (χ0n) is 12.5. The van der Waals surface area contributed by atoms with E-state index in [9.17, 15) is 0 Å². The van der Waals surface area contributed by atoms with Crippen LogP contribution in [0.2, 0.25) is 0 Å². The predicted molar refractivity (Wildman–Crippen MR) is 79.4 cm³/mol. The summed E-state index contributed by atoms with van der Waals surface area (Å²) < 4.78 is 2.00. The molecule has 0 aliphatic heterocycles. The highest BCUT2D eigenvalue weighted by atomic mass is 15.3. The molecule has 108 valence electrons. The molecule has 5 heteroatoms. The molecular formula is C15H23N5. The maximum absolute atomic E-state index is 4.62. The first-order chi connectivity index (χ1) is 9.70. The molecule has 0 spiro atoms. The van der Waals surface area contributed by atoms with E-state index >= 15 is 0 Å². The summed E-state index contributed by atoms with van der Waals surface area (Å²) in [5.41, 5.74) is 2.26. The fourth-order valence-electron chi connectivity index (χ4n) is 2.12. The van der Waals surface area contributed by atoms with Gasteiger partial charge in [0.25, 0.3) is 0 Å². The maximum atomic E-state index is 4.62. The first kappa shape index (κ1) is 14.7. The van der Waals surface area contributed by atoms with Crippen LogP contribution < -0.4 is 5.32 Å². The molecule has 0 saturated carbocycles.